The first-order valence-electron chi connectivity index (χ1n) is 5.37. The van der Waals surface area contributed by atoms with Gasteiger partial charge in [-0.3, -0.25) is 0 Å². The molecule has 0 aliphatic rings. The van der Waals surface area contributed by atoms with Gasteiger partial charge in [0.05, 0.1) is 7.11 Å². The summed E-state index contributed by atoms with van der Waals surface area (Å²) in [5.74, 6) is 2.10. The second kappa shape index (κ2) is 4.78. The Kier molecular flexibility index (Phi) is 3.19. The number of nitrogens with two attached hydrogens (primary N) is 1. The molecule has 0 amide bonds. The molecular formula is C14H15NO2. The van der Waals surface area contributed by atoms with Gasteiger partial charge in [0.1, 0.15) is 5.75 Å². The van der Waals surface area contributed by atoms with Crippen molar-refractivity contribution >= 4 is 5.69 Å². The lowest BCUT2D eigenvalue weighted by Gasteiger charge is -2.10. The molecule has 0 aromatic heterocycles. The van der Waals surface area contributed by atoms with E-state index in [-0.39, 0.29) is 0 Å². The maximum absolute atomic E-state index is 5.77. The van der Waals surface area contributed by atoms with Crippen molar-refractivity contribution in [2.24, 2.45) is 0 Å². The number of benzene rings is 2. The number of aryl methyl sites for hydroxylation is 1. The first-order valence-corrected chi connectivity index (χ1v) is 5.37. The van der Waals surface area contributed by atoms with E-state index in [9.17, 15) is 0 Å². The lowest BCUT2D eigenvalue weighted by atomic mass is 10.2. The smallest absolute Gasteiger partial charge is 0.169 e. The highest BCUT2D eigenvalue weighted by atomic mass is 16.5. The number of rotatable bonds is 3. The van der Waals surface area contributed by atoms with Gasteiger partial charge in [0, 0.05) is 11.8 Å². The Morgan fingerprint density at radius 3 is 2.35 bits per heavy atom. The van der Waals surface area contributed by atoms with Crippen molar-refractivity contribution in [3.05, 3.63) is 48.0 Å². The van der Waals surface area contributed by atoms with E-state index in [0.29, 0.717) is 22.9 Å². The highest BCUT2D eigenvalue weighted by Crippen LogP contribution is 2.32. The van der Waals surface area contributed by atoms with Crippen LogP contribution in [0.15, 0.2) is 42.5 Å². The molecule has 0 aliphatic heterocycles. The first-order chi connectivity index (χ1) is 8.19. The van der Waals surface area contributed by atoms with Crippen LogP contribution in [0.1, 0.15) is 5.56 Å². The number of hydrogen-bond acceptors (Lipinski definition) is 3. The number of para-hydroxylation sites is 2. The zero-order chi connectivity index (χ0) is 12.3. The van der Waals surface area contributed by atoms with E-state index in [4.69, 9.17) is 15.2 Å². The number of methoxy groups -OCH3 is 1. The molecule has 0 heterocycles. The molecule has 2 aromatic carbocycles. The Morgan fingerprint density at radius 2 is 1.71 bits per heavy atom. The van der Waals surface area contributed by atoms with Crippen LogP contribution in [0.2, 0.25) is 0 Å². The van der Waals surface area contributed by atoms with Crippen molar-refractivity contribution in [1.29, 1.82) is 0 Å². The van der Waals surface area contributed by atoms with E-state index >= 15 is 0 Å². The van der Waals surface area contributed by atoms with Crippen molar-refractivity contribution in [2.75, 3.05) is 12.8 Å². The maximum atomic E-state index is 5.77. The van der Waals surface area contributed by atoms with E-state index < -0.39 is 0 Å². The quantitative estimate of drug-likeness (QED) is 0.820. The SMILES string of the molecule is COc1ccccc1Oc1cc(C)cc(N)c1. The Morgan fingerprint density at radius 1 is 1.00 bits per heavy atom. The molecule has 88 valence electrons. The Labute approximate surface area is 101 Å². The first kappa shape index (κ1) is 11.3. The molecule has 3 nitrogen and oxygen atoms in total. The molecule has 0 atom stereocenters. The lowest BCUT2D eigenvalue weighted by Crippen LogP contribution is -1.92. The van der Waals surface area contributed by atoms with Gasteiger partial charge in [-0.15, -0.1) is 0 Å². The minimum Gasteiger partial charge on any atom is -0.493 e. The third-order valence-corrected chi connectivity index (χ3v) is 2.37. The van der Waals surface area contributed by atoms with Crippen LogP contribution >= 0.6 is 0 Å². The molecule has 0 bridgehead atoms. The van der Waals surface area contributed by atoms with Crippen LogP contribution < -0.4 is 15.2 Å². The largest absolute Gasteiger partial charge is 0.493 e. The molecule has 0 aliphatic carbocycles. The van der Waals surface area contributed by atoms with Crippen LogP contribution in [0.25, 0.3) is 0 Å². The van der Waals surface area contributed by atoms with E-state index in [0.717, 1.165) is 5.56 Å². The summed E-state index contributed by atoms with van der Waals surface area (Å²) in [7, 11) is 1.62. The standard InChI is InChI=1S/C14H15NO2/c1-10-7-11(15)9-12(8-10)17-14-6-4-3-5-13(14)16-2/h3-9H,15H2,1-2H3. The molecule has 0 unspecified atom stereocenters. The van der Waals surface area contributed by atoms with Gasteiger partial charge in [0.2, 0.25) is 0 Å². The summed E-state index contributed by atoms with van der Waals surface area (Å²) < 4.78 is 11.0. The van der Waals surface area contributed by atoms with Crippen LogP contribution in [0.3, 0.4) is 0 Å². The summed E-state index contributed by atoms with van der Waals surface area (Å²) in [6, 6.07) is 13.1. The van der Waals surface area contributed by atoms with Crippen LogP contribution in [0.4, 0.5) is 5.69 Å². The van der Waals surface area contributed by atoms with E-state index in [2.05, 4.69) is 0 Å². The van der Waals surface area contributed by atoms with Gasteiger partial charge in [-0.2, -0.15) is 0 Å². The summed E-state index contributed by atoms with van der Waals surface area (Å²) >= 11 is 0. The topological polar surface area (TPSA) is 44.5 Å². The molecule has 17 heavy (non-hydrogen) atoms. The fourth-order valence-electron chi connectivity index (χ4n) is 1.67. The Balaban J connectivity index is 2.31. The number of hydrogen-bond donors (Lipinski definition) is 1. The van der Waals surface area contributed by atoms with Crippen molar-refractivity contribution in [3.8, 4) is 17.2 Å². The highest BCUT2D eigenvalue weighted by Gasteiger charge is 2.04. The van der Waals surface area contributed by atoms with Crippen molar-refractivity contribution in [1.82, 2.24) is 0 Å². The predicted molar refractivity (Wildman–Crippen MR) is 68.7 cm³/mol. The fraction of sp³-hybridized carbons (Fsp3) is 0.143. The molecule has 2 N–H and O–H groups in total. The van der Waals surface area contributed by atoms with Crippen LogP contribution in [-0.2, 0) is 0 Å². The zero-order valence-electron chi connectivity index (χ0n) is 9.94. The average molecular weight is 229 g/mol. The highest BCUT2D eigenvalue weighted by molar-refractivity contribution is 5.50. The van der Waals surface area contributed by atoms with Crippen molar-refractivity contribution in [2.45, 2.75) is 6.92 Å². The molecule has 3 heteroatoms. The Hall–Kier alpha value is -2.16. The zero-order valence-corrected chi connectivity index (χ0v) is 9.94. The summed E-state index contributed by atoms with van der Waals surface area (Å²) in [5, 5.41) is 0. The molecular weight excluding hydrogens is 214 g/mol. The number of nitrogen functional groups attached to an aromatic ring is 1. The molecule has 2 aromatic rings. The second-order valence-corrected chi connectivity index (χ2v) is 3.83. The molecule has 0 saturated heterocycles. The maximum Gasteiger partial charge on any atom is 0.169 e. The number of ether oxygens (including phenoxy) is 2. The summed E-state index contributed by atoms with van der Waals surface area (Å²) in [6.45, 7) is 1.98. The van der Waals surface area contributed by atoms with E-state index in [1.54, 1.807) is 13.2 Å². The molecule has 2 rings (SSSR count). The second-order valence-electron chi connectivity index (χ2n) is 3.83. The van der Waals surface area contributed by atoms with Crippen molar-refractivity contribution in [3.63, 3.8) is 0 Å². The van der Waals surface area contributed by atoms with E-state index in [1.165, 1.54) is 0 Å². The molecule has 0 radical (unpaired) electrons. The summed E-state index contributed by atoms with van der Waals surface area (Å²) in [6.07, 6.45) is 0. The van der Waals surface area contributed by atoms with Gasteiger partial charge in [0.15, 0.2) is 11.5 Å². The summed E-state index contributed by atoms with van der Waals surface area (Å²) in [5.41, 5.74) is 7.53. The minimum absolute atomic E-state index is 0.681. The van der Waals surface area contributed by atoms with Gasteiger partial charge in [-0.1, -0.05) is 12.1 Å². The molecule has 0 spiro atoms. The van der Waals surface area contributed by atoms with Gasteiger partial charge in [0.25, 0.3) is 0 Å². The molecule has 0 saturated carbocycles. The average Bonchev–Trinajstić information content (AvgIpc) is 2.28. The predicted octanol–water partition coefficient (Wildman–Crippen LogP) is 3.38. The van der Waals surface area contributed by atoms with Crippen LogP contribution in [-0.4, -0.2) is 7.11 Å². The van der Waals surface area contributed by atoms with Gasteiger partial charge >= 0.3 is 0 Å². The number of anilines is 1. The lowest BCUT2D eigenvalue weighted by molar-refractivity contribution is 0.379. The third kappa shape index (κ3) is 2.69. The Bertz CT molecular complexity index is 503. The van der Waals surface area contributed by atoms with Crippen molar-refractivity contribution < 1.29 is 9.47 Å². The summed E-state index contributed by atoms with van der Waals surface area (Å²) in [4.78, 5) is 0. The normalized spacial score (nSPS) is 10.0. The third-order valence-electron chi connectivity index (χ3n) is 2.37. The van der Waals surface area contributed by atoms with E-state index in [1.807, 2.05) is 43.3 Å². The van der Waals surface area contributed by atoms with Crippen LogP contribution in [0, 0.1) is 6.92 Å². The monoisotopic (exact) mass is 229 g/mol. The van der Waals surface area contributed by atoms with Gasteiger partial charge < -0.3 is 15.2 Å². The van der Waals surface area contributed by atoms with Crippen LogP contribution in [0.5, 0.6) is 17.2 Å². The van der Waals surface area contributed by atoms with Gasteiger partial charge in [-0.25, -0.2) is 0 Å². The molecule has 0 fully saturated rings. The minimum atomic E-state index is 0.681. The van der Waals surface area contributed by atoms with Gasteiger partial charge in [-0.05, 0) is 36.8 Å². The fourth-order valence-corrected chi connectivity index (χ4v) is 1.67.